The molecule has 1 aromatic heterocycles. The molecule has 0 unspecified atom stereocenters. The van der Waals surface area contributed by atoms with Crippen LogP contribution in [0.3, 0.4) is 0 Å². The van der Waals surface area contributed by atoms with Gasteiger partial charge < -0.3 is 14.7 Å². The number of anilines is 2. The van der Waals surface area contributed by atoms with Crippen LogP contribution in [0.4, 0.5) is 20.2 Å². The summed E-state index contributed by atoms with van der Waals surface area (Å²) >= 11 is 4.87. The molecule has 2 aromatic carbocycles. The van der Waals surface area contributed by atoms with Gasteiger partial charge in [0.2, 0.25) is 5.82 Å². The topological polar surface area (TPSA) is 88.3 Å². The molecule has 0 bridgehead atoms. The summed E-state index contributed by atoms with van der Waals surface area (Å²) in [7, 11) is 1.71. The Labute approximate surface area is 170 Å². The van der Waals surface area contributed by atoms with Crippen LogP contribution >= 0.6 is 11.6 Å². The molecular formula is C19H19ClF2N4O3. The van der Waals surface area contributed by atoms with Crippen molar-refractivity contribution in [3.05, 3.63) is 56.2 Å². The van der Waals surface area contributed by atoms with Crippen molar-refractivity contribution in [2.45, 2.75) is 38.2 Å². The largest absolute Gasteiger partial charge is 0.400 e. The number of hydrogen-bond acceptors (Lipinski definition) is 7. The Hall–Kier alpha value is -2.81. The third-order valence-corrected chi connectivity index (χ3v) is 4.23. The molecule has 0 amide bonds. The lowest BCUT2D eigenvalue weighted by atomic mass is 10.0. The van der Waals surface area contributed by atoms with Gasteiger partial charge in [-0.25, -0.2) is 0 Å². The maximum Gasteiger partial charge on any atom is 0.400 e. The number of nitrogens with zero attached hydrogens (tertiary/aromatic N) is 3. The monoisotopic (exact) mass is 424 g/mol. The van der Waals surface area contributed by atoms with E-state index in [1.54, 1.807) is 36.2 Å². The van der Waals surface area contributed by atoms with Crippen LogP contribution in [0.15, 0.2) is 38.4 Å². The summed E-state index contributed by atoms with van der Waals surface area (Å²) in [5, 5.41) is 2.83. The van der Waals surface area contributed by atoms with Gasteiger partial charge in [0.15, 0.2) is 0 Å². The second-order valence-corrected chi connectivity index (χ2v) is 8.21. The number of halogens is 3. The smallest absolute Gasteiger partial charge is 0.375 e. The molecule has 0 atom stereocenters. The zero-order valence-electron chi connectivity index (χ0n) is 16.2. The Morgan fingerprint density at radius 1 is 1.14 bits per heavy atom. The van der Waals surface area contributed by atoms with Crippen LogP contribution in [-0.2, 0) is 11.9 Å². The highest BCUT2D eigenvalue weighted by atomic mass is 35.5. The maximum atomic E-state index is 13.0. The number of benzene rings is 1. The molecular weight excluding hydrogens is 406 g/mol. The van der Waals surface area contributed by atoms with Crippen molar-refractivity contribution in [1.82, 2.24) is 10.1 Å². The Morgan fingerprint density at radius 2 is 1.76 bits per heavy atom. The zero-order chi connectivity index (χ0) is 21.6. The highest BCUT2D eigenvalue weighted by Gasteiger charge is 2.35. The van der Waals surface area contributed by atoms with Crippen molar-refractivity contribution >= 4 is 23.0 Å². The molecule has 0 saturated heterocycles. The summed E-state index contributed by atoms with van der Waals surface area (Å²) < 4.78 is 30.5. The normalized spacial score (nSPS) is 12.4. The summed E-state index contributed by atoms with van der Waals surface area (Å²) in [4.78, 5) is 29.2. The fourth-order valence-electron chi connectivity index (χ4n) is 2.80. The molecule has 3 rings (SSSR count). The summed E-state index contributed by atoms with van der Waals surface area (Å²) in [5.41, 5.74) is 0.527. The summed E-state index contributed by atoms with van der Waals surface area (Å²) in [6.45, 7) is 6.06. The van der Waals surface area contributed by atoms with Crippen molar-refractivity contribution in [3.8, 4) is 11.4 Å². The lowest BCUT2D eigenvalue weighted by molar-refractivity contribution is 0.0551. The van der Waals surface area contributed by atoms with Crippen molar-refractivity contribution in [1.29, 1.82) is 0 Å². The Morgan fingerprint density at radius 3 is 2.28 bits per heavy atom. The zero-order valence-corrected chi connectivity index (χ0v) is 17.0. The number of rotatable bonds is 6. The highest BCUT2D eigenvalue weighted by molar-refractivity contribution is 6.21. The summed E-state index contributed by atoms with van der Waals surface area (Å²) in [6, 6.07) is 6.76. The van der Waals surface area contributed by atoms with E-state index in [2.05, 4.69) is 20.0 Å². The van der Waals surface area contributed by atoms with Crippen molar-refractivity contribution in [3.63, 3.8) is 0 Å². The number of hydrogen-bond donors (Lipinski definition) is 1. The van der Waals surface area contributed by atoms with Gasteiger partial charge in [-0.15, -0.1) is 0 Å². The first-order chi connectivity index (χ1) is 13.4. The first-order valence-electron chi connectivity index (χ1n) is 8.69. The molecule has 154 valence electrons. The van der Waals surface area contributed by atoms with E-state index < -0.39 is 22.1 Å². The third kappa shape index (κ3) is 4.45. The number of aromatic nitrogens is 2. The summed E-state index contributed by atoms with van der Waals surface area (Å²) in [5.74, 6) is -0.990. The highest BCUT2D eigenvalue weighted by Crippen LogP contribution is 2.32. The lowest BCUT2D eigenvalue weighted by Gasteiger charge is -2.28. The molecule has 0 fully saturated rings. The molecule has 0 aliphatic rings. The molecule has 0 aliphatic carbocycles. The van der Waals surface area contributed by atoms with Crippen LogP contribution in [0, 0.1) is 0 Å². The van der Waals surface area contributed by atoms with Gasteiger partial charge in [0, 0.05) is 24.7 Å². The van der Waals surface area contributed by atoms with E-state index in [4.69, 9.17) is 11.6 Å². The number of alkyl halides is 3. The van der Waals surface area contributed by atoms with E-state index >= 15 is 0 Å². The fourth-order valence-corrected chi connectivity index (χ4v) is 2.88. The van der Waals surface area contributed by atoms with E-state index in [9.17, 15) is 18.4 Å². The first-order valence-corrected chi connectivity index (χ1v) is 9.07. The van der Waals surface area contributed by atoms with Crippen molar-refractivity contribution in [2.75, 3.05) is 17.3 Å². The van der Waals surface area contributed by atoms with Gasteiger partial charge >= 0.3 is 11.3 Å². The Balaban J connectivity index is 1.76. The van der Waals surface area contributed by atoms with E-state index in [0.717, 1.165) is 5.56 Å². The molecule has 7 nitrogen and oxygen atoms in total. The van der Waals surface area contributed by atoms with Gasteiger partial charge in [0.1, 0.15) is 11.4 Å². The average Bonchev–Trinajstić information content (AvgIpc) is 3.11. The quantitative estimate of drug-likeness (QED) is 0.478. The van der Waals surface area contributed by atoms with E-state index in [0.29, 0.717) is 23.5 Å². The maximum absolute atomic E-state index is 13.0. The minimum atomic E-state index is -3.73. The average molecular weight is 425 g/mol. The van der Waals surface area contributed by atoms with E-state index in [1.165, 1.54) is 0 Å². The van der Waals surface area contributed by atoms with Gasteiger partial charge in [-0.2, -0.15) is 13.8 Å². The van der Waals surface area contributed by atoms with Crippen LogP contribution in [-0.4, -0.2) is 22.7 Å². The minimum Gasteiger partial charge on any atom is -0.375 e. The van der Waals surface area contributed by atoms with Crippen molar-refractivity contribution in [2.24, 2.45) is 0 Å². The van der Waals surface area contributed by atoms with Crippen LogP contribution in [0.25, 0.3) is 11.4 Å². The van der Waals surface area contributed by atoms with Crippen molar-refractivity contribution < 1.29 is 13.3 Å². The number of nitrogens with one attached hydrogen (secondary N) is 1. The Bertz CT molecular complexity index is 1090. The molecule has 10 heteroatoms. The Kier molecular flexibility index (Phi) is 5.20. The predicted octanol–water partition coefficient (Wildman–Crippen LogP) is 3.47. The molecule has 1 heterocycles. The van der Waals surface area contributed by atoms with Crippen LogP contribution in [0.2, 0.25) is 0 Å². The van der Waals surface area contributed by atoms with Gasteiger partial charge in [-0.05, 0) is 37.9 Å². The van der Waals surface area contributed by atoms with E-state index in [1.807, 2.05) is 20.8 Å². The molecule has 0 saturated carbocycles. The molecule has 0 spiro atoms. The molecule has 0 radical (unpaired) electrons. The minimum absolute atomic E-state index is 0.0145. The standard InChI is InChI=1S/C19H19ClF2N4O3/c1-18(2,3)24-12-13(15(28)14(12)27)26(4)9-10-5-7-11(8-6-10)16-23-17(29-25-16)19(20,21)22/h5-8,24H,9H2,1-4H3. The van der Waals surface area contributed by atoms with Gasteiger partial charge in [0.25, 0.3) is 10.9 Å². The van der Waals surface area contributed by atoms with Crippen LogP contribution in [0.5, 0.6) is 0 Å². The molecule has 1 N–H and O–H groups in total. The van der Waals surface area contributed by atoms with E-state index in [-0.39, 0.29) is 11.4 Å². The SMILES string of the molecule is CN(Cc1ccc(-c2noc(C(F)(F)Cl)n2)cc1)c1c(NC(C)(C)C)c(=O)c1=O. The second kappa shape index (κ2) is 7.22. The van der Waals surface area contributed by atoms with Crippen LogP contribution in [0.1, 0.15) is 32.2 Å². The van der Waals surface area contributed by atoms with Gasteiger partial charge in [-0.3, -0.25) is 9.59 Å². The summed E-state index contributed by atoms with van der Waals surface area (Å²) in [6.07, 6.45) is 0. The second-order valence-electron chi connectivity index (χ2n) is 7.73. The van der Waals surface area contributed by atoms with Gasteiger partial charge in [-0.1, -0.05) is 29.4 Å². The molecule has 29 heavy (non-hydrogen) atoms. The predicted molar refractivity (Wildman–Crippen MR) is 106 cm³/mol. The third-order valence-electron chi connectivity index (χ3n) is 4.07. The molecule has 0 aliphatic heterocycles. The van der Waals surface area contributed by atoms with Crippen LogP contribution < -0.4 is 21.1 Å². The molecule has 3 aromatic rings. The lowest BCUT2D eigenvalue weighted by Crippen LogP contribution is -2.44. The van der Waals surface area contributed by atoms with Gasteiger partial charge in [0.05, 0.1) is 0 Å². The first kappa shape index (κ1) is 20.9. The fraction of sp³-hybridized carbons (Fsp3) is 0.368.